The van der Waals surface area contributed by atoms with Crippen molar-refractivity contribution in [2.45, 2.75) is 32.5 Å². The Morgan fingerprint density at radius 3 is 2.47 bits per heavy atom. The van der Waals surface area contributed by atoms with Gasteiger partial charge in [-0.15, -0.1) is 0 Å². The van der Waals surface area contributed by atoms with Gasteiger partial charge in [-0.2, -0.15) is 17.5 Å². The molecule has 1 rings (SSSR count). The van der Waals surface area contributed by atoms with Gasteiger partial charge < -0.3 is 5.32 Å². The van der Waals surface area contributed by atoms with E-state index < -0.39 is 21.8 Å². The molecule has 0 amide bonds. The van der Waals surface area contributed by atoms with Crippen molar-refractivity contribution in [3.63, 3.8) is 0 Å². The first-order valence-electron chi connectivity index (χ1n) is 6.10. The maximum Gasteiger partial charge on any atom is 0.412 e. The molecular formula is C11H19F3N2O2S. The summed E-state index contributed by atoms with van der Waals surface area (Å²) >= 11 is 0. The molecule has 1 heterocycles. The highest BCUT2D eigenvalue weighted by Gasteiger charge is 2.36. The van der Waals surface area contributed by atoms with Crippen molar-refractivity contribution >= 4 is 10.0 Å². The second-order valence-electron chi connectivity index (χ2n) is 4.76. The van der Waals surface area contributed by atoms with Crippen molar-refractivity contribution in [2.24, 2.45) is 0 Å². The summed E-state index contributed by atoms with van der Waals surface area (Å²) in [6.07, 6.45) is -3.67. The van der Waals surface area contributed by atoms with Gasteiger partial charge in [-0.05, 0) is 6.42 Å². The normalized spacial score (nSPS) is 18.7. The van der Waals surface area contributed by atoms with E-state index in [9.17, 15) is 21.6 Å². The molecule has 0 fully saturated rings. The first-order valence-corrected chi connectivity index (χ1v) is 7.71. The molecule has 0 spiro atoms. The second-order valence-corrected chi connectivity index (χ2v) is 6.85. The van der Waals surface area contributed by atoms with Gasteiger partial charge in [-0.25, -0.2) is 8.42 Å². The number of nitrogens with zero attached hydrogens (tertiary/aromatic N) is 1. The summed E-state index contributed by atoms with van der Waals surface area (Å²) < 4.78 is 62.1. The van der Waals surface area contributed by atoms with Crippen LogP contribution in [0.4, 0.5) is 13.2 Å². The van der Waals surface area contributed by atoms with Crippen LogP contribution in [0.3, 0.4) is 0 Å². The van der Waals surface area contributed by atoms with Crippen LogP contribution in [0.1, 0.15) is 20.3 Å². The van der Waals surface area contributed by atoms with Gasteiger partial charge in [0.25, 0.3) is 0 Å². The van der Waals surface area contributed by atoms with E-state index in [1.807, 2.05) is 13.8 Å². The summed E-state index contributed by atoms with van der Waals surface area (Å²) in [4.78, 5) is 0. The molecule has 1 N–H and O–H groups in total. The van der Waals surface area contributed by atoms with Crippen molar-refractivity contribution in [1.29, 1.82) is 0 Å². The molecular weight excluding hydrogens is 281 g/mol. The van der Waals surface area contributed by atoms with E-state index in [2.05, 4.69) is 5.32 Å². The molecule has 0 aromatic carbocycles. The van der Waals surface area contributed by atoms with Crippen LogP contribution in [-0.4, -0.2) is 50.3 Å². The molecule has 0 bridgehead atoms. The van der Waals surface area contributed by atoms with E-state index in [4.69, 9.17) is 0 Å². The maximum absolute atomic E-state index is 12.4. The summed E-state index contributed by atoms with van der Waals surface area (Å²) in [5.74, 6) is -0.0969. The molecule has 19 heavy (non-hydrogen) atoms. The van der Waals surface area contributed by atoms with E-state index in [-0.39, 0.29) is 31.3 Å². The quantitative estimate of drug-likeness (QED) is 0.783. The summed E-state index contributed by atoms with van der Waals surface area (Å²) in [5.41, 5.74) is -0.640. The molecule has 0 unspecified atom stereocenters. The lowest BCUT2D eigenvalue weighted by Crippen LogP contribution is -2.40. The lowest BCUT2D eigenvalue weighted by Gasteiger charge is -2.26. The topological polar surface area (TPSA) is 49.4 Å². The summed E-state index contributed by atoms with van der Waals surface area (Å²) in [6.45, 7) is 3.79. The Balaban J connectivity index is 2.57. The SMILES string of the molecule is CC(C)NCCS(=O)(=O)N1CC=C(C(F)(F)F)CC1. The minimum absolute atomic E-state index is 0.0969. The lowest BCUT2D eigenvalue weighted by atomic mass is 10.1. The minimum Gasteiger partial charge on any atom is -0.313 e. The van der Waals surface area contributed by atoms with Crippen LogP contribution in [0.5, 0.6) is 0 Å². The Labute approximate surface area is 111 Å². The highest BCUT2D eigenvalue weighted by Crippen LogP contribution is 2.30. The number of hydrogen-bond acceptors (Lipinski definition) is 3. The molecule has 0 aromatic heterocycles. The summed E-state index contributed by atoms with van der Waals surface area (Å²) in [6, 6.07) is 0.174. The highest BCUT2D eigenvalue weighted by molar-refractivity contribution is 7.89. The fourth-order valence-electron chi connectivity index (χ4n) is 1.77. The molecule has 0 aliphatic carbocycles. The highest BCUT2D eigenvalue weighted by atomic mass is 32.2. The van der Waals surface area contributed by atoms with Gasteiger partial charge in [-0.3, -0.25) is 0 Å². The number of rotatable bonds is 5. The van der Waals surface area contributed by atoms with Crippen LogP contribution >= 0.6 is 0 Å². The first-order chi connectivity index (χ1) is 8.63. The third-order valence-corrected chi connectivity index (χ3v) is 4.68. The van der Waals surface area contributed by atoms with Crippen LogP contribution in [0, 0.1) is 0 Å². The van der Waals surface area contributed by atoms with Gasteiger partial charge >= 0.3 is 6.18 Å². The van der Waals surface area contributed by atoms with Crippen LogP contribution in [-0.2, 0) is 10.0 Å². The molecule has 0 atom stereocenters. The summed E-state index contributed by atoms with van der Waals surface area (Å²) in [7, 11) is -3.49. The van der Waals surface area contributed by atoms with E-state index >= 15 is 0 Å². The van der Waals surface area contributed by atoms with Crippen molar-refractivity contribution in [3.8, 4) is 0 Å². The molecule has 0 aromatic rings. The van der Waals surface area contributed by atoms with Crippen molar-refractivity contribution in [2.75, 3.05) is 25.4 Å². The Hall–Kier alpha value is -0.600. The van der Waals surface area contributed by atoms with Crippen LogP contribution in [0.15, 0.2) is 11.6 Å². The molecule has 0 radical (unpaired) electrons. The van der Waals surface area contributed by atoms with Crippen LogP contribution in [0.2, 0.25) is 0 Å². The first kappa shape index (κ1) is 16.5. The zero-order chi connectivity index (χ0) is 14.7. The Bertz CT molecular complexity index is 430. The monoisotopic (exact) mass is 300 g/mol. The number of alkyl halides is 3. The Morgan fingerprint density at radius 2 is 2.05 bits per heavy atom. The zero-order valence-electron chi connectivity index (χ0n) is 11.0. The third kappa shape index (κ3) is 5.12. The van der Waals surface area contributed by atoms with Crippen molar-refractivity contribution in [3.05, 3.63) is 11.6 Å². The van der Waals surface area contributed by atoms with Gasteiger partial charge in [0.1, 0.15) is 0 Å². The van der Waals surface area contributed by atoms with Crippen LogP contribution in [0.25, 0.3) is 0 Å². The van der Waals surface area contributed by atoms with Gasteiger partial charge in [0.05, 0.1) is 5.75 Å². The standard InChI is InChI=1S/C11H19F3N2O2S/c1-9(2)15-5-8-19(17,18)16-6-3-10(4-7-16)11(12,13)14/h3,9,15H,4-8H2,1-2H3. The number of nitrogens with one attached hydrogen (secondary N) is 1. The van der Waals surface area contributed by atoms with E-state index in [1.165, 1.54) is 0 Å². The second kappa shape index (κ2) is 6.23. The van der Waals surface area contributed by atoms with Crippen LogP contribution < -0.4 is 5.32 Å². The number of sulfonamides is 1. The minimum atomic E-state index is -4.35. The Kier molecular flexibility index (Phi) is 5.40. The predicted molar refractivity (Wildman–Crippen MR) is 67.3 cm³/mol. The van der Waals surface area contributed by atoms with Crippen molar-refractivity contribution in [1.82, 2.24) is 9.62 Å². The molecule has 1 aliphatic rings. The fourth-order valence-corrected chi connectivity index (χ4v) is 3.07. The maximum atomic E-state index is 12.4. The smallest absolute Gasteiger partial charge is 0.313 e. The van der Waals surface area contributed by atoms with Gasteiger partial charge in [-0.1, -0.05) is 19.9 Å². The van der Waals surface area contributed by atoms with E-state index in [0.29, 0.717) is 6.54 Å². The number of halogens is 3. The molecule has 0 saturated heterocycles. The molecule has 0 saturated carbocycles. The van der Waals surface area contributed by atoms with Gasteiger partial charge in [0, 0.05) is 31.2 Å². The van der Waals surface area contributed by atoms with Gasteiger partial charge in [0.15, 0.2) is 0 Å². The van der Waals surface area contributed by atoms with E-state index in [1.54, 1.807) is 0 Å². The molecule has 1 aliphatic heterocycles. The fraction of sp³-hybridized carbons (Fsp3) is 0.818. The largest absolute Gasteiger partial charge is 0.412 e. The average molecular weight is 300 g/mol. The molecule has 112 valence electrons. The van der Waals surface area contributed by atoms with Crippen molar-refractivity contribution < 1.29 is 21.6 Å². The number of hydrogen-bond donors (Lipinski definition) is 1. The third-order valence-electron chi connectivity index (χ3n) is 2.84. The molecule has 4 nitrogen and oxygen atoms in total. The lowest BCUT2D eigenvalue weighted by molar-refractivity contribution is -0.0953. The molecule has 8 heteroatoms. The Morgan fingerprint density at radius 1 is 1.42 bits per heavy atom. The summed E-state index contributed by atoms with van der Waals surface area (Å²) in [5, 5.41) is 2.97. The predicted octanol–water partition coefficient (Wildman–Crippen LogP) is 1.51. The van der Waals surface area contributed by atoms with E-state index in [0.717, 1.165) is 10.4 Å². The average Bonchev–Trinajstić information content (AvgIpc) is 2.27. The van der Waals surface area contributed by atoms with Gasteiger partial charge in [0.2, 0.25) is 10.0 Å². The zero-order valence-corrected chi connectivity index (χ0v) is 11.8.